The Kier molecular flexibility index (Phi) is 3.63. The van der Waals surface area contributed by atoms with E-state index in [0.717, 1.165) is 11.1 Å². The molecule has 2 aliphatic rings. The van der Waals surface area contributed by atoms with Gasteiger partial charge in [0.15, 0.2) is 5.79 Å². The number of nitro groups is 1. The Morgan fingerprint density at radius 2 is 1.78 bits per heavy atom. The summed E-state index contributed by atoms with van der Waals surface area (Å²) in [5.74, 6) is -0.544. The molecule has 1 aliphatic carbocycles. The molecule has 5 nitrogen and oxygen atoms in total. The maximum absolute atomic E-state index is 10.7. The minimum absolute atomic E-state index is 0.133. The Hall–Kier alpha value is -1.46. The fourth-order valence-electron chi connectivity index (χ4n) is 2.41. The summed E-state index contributed by atoms with van der Waals surface area (Å²) in [5.41, 5.74) is 2.19. The van der Waals surface area contributed by atoms with Crippen LogP contribution in [0.4, 0.5) is 5.69 Å². The van der Waals surface area contributed by atoms with Crippen LogP contribution in [0.1, 0.15) is 25.0 Å². The van der Waals surface area contributed by atoms with Crippen LogP contribution < -0.4 is 0 Å². The first-order valence-electron chi connectivity index (χ1n) is 6.23. The number of hydrogen-bond donors (Lipinski definition) is 0. The van der Waals surface area contributed by atoms with Gasteiger partial charge in [-0.05, 0) is 11.1 Å². The van der Waals surface area contributed by atoms with Crippen molar-refractivity contribution < 1.29 is 14.4 Å². The van der Waals surface area contributed by atoms with Crippen LogP contribution in [0.15, 0.2) is 18.2 Å². The molecule has 5 heteroatoms. The van der Waals surface area contributed by atoms with Gasteiger partial charge in [-0.3, -0.25) is 10.1 Å². The number of nitro benzene ring substituents is 1. The molecule has 0 radical (unpaired) electrons. The van der Waals surface area contributed by atoms with Crippen molar-refractivity contribution >= 4 is 5.69 Å². The van der Waals surface area contributed by atoms with E-state index in [9.17, 15) is 10.1 Å². The number of hydrogen-bond acceptors (Lipinski definition) is 4. The van der Waals surface area contributed by atoms with Gasteiger partial charge in [-0.1, -0.05) is 19.9 Å². The molecule has 0 unspecified atom stereocenters. The van der Waals surface area contributed by atoms with Crippen LogP contribution in [0.25, 0.3) is 0 Å². The van der Waals surface area contributed by atoms with E-state index in [4.69, 9.17) is 9.47 Å². The topological polar surface area (TPSA) is 61.6 Å². The molecule has 1 aromatic rings. The molecule has 1 heterocycles. The van der Waals surface area contributed by atoms with Gasteiger partial charge in [0.25, 0.3) is 5.69 Å². The Morgan fingerprint density at radius 3 is 2.39 bits per heavy atom. The molecule has 0 aromatic heterocycles. The SMILES string of the molecule is CC.O=[N+]([O-])c1ccc2c(c1)CC1(C2)OCCO1. The van der Waals surface area contributed by atoms with Crippen molar-refractivity contribution in [2.45, 2.75) is 32.5 Å². The molecule has 18 heavy (non-hydrogen) atoms. The summed E-state index contributed by atoms with van der Waals surface area (Å²) in [6, 6.07) is 4.95. The highest BCUT2D eigenvalue weighted by molar-refractivity contribution is 5.43. The molecular formula is C13H17NO4. The maximum Gasteiger partial charge on any atom is 0.269 e. The summed E-state index contributed by atoms with van der Waals surface area (Å²) in [7, 11) is 0. The van der Waals surface area contributed by atoms with Crippen LogP contribution >= 0.6 is 0 Å². The smallest absolute Gasteiger partial charge is 0.269 e. The normalized spacial score (nSPS) is 19.2. The standard InChI is InChI=1S/C11H11NO4.C2H6/c13-12(14)10-2-1-8-6-11(7-9(8)5-10)15-3-4-16-11;1-2/h1-2,5H,3-4,6-7H2;1-2H3. The molecule has 1 saturated heterocycles. The van der Waals surface area contributed by atoms with Gasteiger partial charge in [0.05, 0.1) is 18.1 Å². The molecule has 1 aliphatic heterocycles. The zero-order valence-corrected chi connectivity index (χ0v) is 10.6. The van der Waals surface area contributed by atoms with Gasteiger partial charge in [0, 0.05) is 25.0 Å². The van der Waals surface area contributed by atoms with Crippen molar-refractivity contribution in [3.63, 3.8) is 0 Å². The third-order valence-corrected chi connectivity index (χ3v) is 3.13. The van der Waals surface area contributed by atoms with Gasteiger partial charge in [0.2, 0.25) is 0 Å². The summed E-state index contributed by atoms with van der Waals surface area (Å²) in [6.07, 6.45) is 1.31. The molecule has 1 spiro atoms. The van der Waals surface area contributed by atoms with Crippen molar-refractivity contribution in [2.75, 3.05) is 13.2 Å². The predicted octanol–water partition coefficient (Wildman–Crippen LogP) is 2.46. The first-order chi connectivity index (χ1) is 8.69. The van der Waals surface area contributed by atoms with Gasteiger partial charge in [-0.15, -0.1) is 0 Å². The second kappa shape index (κ2) is 5.04. The van der Waals surface area contributed by atoms with Crippen LogP contribution in [0, 0.1) is 10.1 Å². The summed E-state index contributed by atoms with van der Waals surface area (Å²) in [6.45, 7) is 5.21. The number of non-ortho nitro benzene ring substituents is 1. The molecular weight excluding hydrogens is 234 g/mol. The second-order valence-corrected chi connectivity index (χ2v) is 4.17. The van der Waals surface area contributed by atoms with Gasteiger partial charge >= 0.3 is 0 Å². The van der Waals surface area contributed by atoms with Crippen LogP contribution in [-0.4, -0.2) is 23.9 Å². The Balaban J connectivity index is 0.000000574. The average molecular weight is 251 g/mol. The molecule has 0 bridgehead atoms. The molecule has 0 N–H and O–H groups in total. The summed E-state index contributed by atoms with van der Waals surface area (Å²) >= 11 is 0. The zero-order chi connectivity index (χ0) is 13.2. The van der Waals surface area contributed by atoms with Crippen molar-refractivity contribution in [1.82, 2.24) is 0 Å². The van der Waals surface area contributed by atoms with Gasteiger partial charge in [-0.25, -0.2) is 0 Å². The predicted molar refractivity (Wildman–Crippen MR) is 66.5 cm³/mol. The Labute approximate surface area is 106 Å². The number of fused-ring (bicyclic) bond motifs is 1. The highest BCUT2D eigenvalue weighted by atomic mass is 16.7. The summed E-state index contributed by atoms with van der Waals surface area (Å²) < 4.78 is 11.2. The molecule has 1 fully saturated rings. The minimum Gasteiger partial charge on any atom is -0.347 e. The van der Waals surface area contributed by atoms with E-state index in [-0.39, 0.29) is 10.6 Å². The van der Waals surface area contributed by atoms with Crippen molar-refractivity contribution in [2.24, 2.45) is 0 Å². The second-order valence-electron chi connectivity index (χ2n) is 4.17. The molecule has 0 saturated carbocycles. The lowest BCUT2D eigenvalue weighted by Crippen LogP contribution is -2.30. The maximum atomic E-state index is 10.7. The summed E-state index contributed by atoms with van der Waals surface area (Å²) in [4.78, 5) is 10.3. The van der Waals surface area contributed by atoms with Gasteiger partial charge in [0.1, 0.15) is 0 Å². The van der Waals surface area contributed by atoms with Crippen molar-refractivity contribution in [3.8, 4) is 0 Å². The lowest BCUT2D eigenvalue weighted by molar-refractivity contribution is -0.384. The lowest BCUT2D eigenvalue weighted by Gasteiger charge is -2.20. The Bertz CT molecular complexity index is 452. The molecule has 3 rings (SSSR count). The lowest BCUT2D eigenvalue weighted by atomic mass is 10.1. The quantitative estimate of drug-likeness (QED) is 0.568. The van der Waals surface area contributed by atoms with E-state index in [1.807, 2.05) is 13.8 Å². The number of rotatable bonds is 1. The van der Waals surface area contributed by atoms with Gasteiger partial charge < -0.3 is 9.47 Å². The van der Waals surface area contributed by atoms with Gasteiger partial charge in [-0.2, -0.15) is 0 Å². The first kappa shape index (κ1) is 13.0. The van der Waals surface area contributed by atoms with E-state index >= 15 is 0 Å². The zero-order valence-electron chi connectivity index (χ0n) is 10.6. The fraction of sp³-hybridized carbons (Fsp3) is 0.538. The largest absolute Gasteiger partial charge is 0.347 e. The van der Waals surface area contributed by atoms with E-state index < -0.39 is 5.79 Å². The van der Waals surface area contributed by atoms with Crippen LogP contribution in [0.3, 0.4) is 0 Å². The fourth-order valence-corrected chi connectivity index (χ4v) is 2.41. The molecule has 98 valence electrons. The molecule has 0 atom stereocenters. The first-order valence-corrected chi connectivity index (χ1v) is 6.23. The average Bonchev–Trinajstić information content (AvgIpc) is 2.97. The highest BCUT2D eigenvalue weighted by Crippen LogP contribution is 2.37. The van der Waals surface area contributed by atoms with E-state index in [2.05, 4.69) is 0 Å². The molecule has 1 aromatic carbocycles. The van der Waals surface area contributed by atoms with Crippen molar-refractivity contribution in [3.05, 3.63) is 39.4 Å². The third kappa shape index (κ3) is 2.23. The van der Waals surface area contributed by atoms with E-state index in [0.29, 0.717) is 26.1 Å². The minimum atomic E-state index is -0.544. The number of ether oxygens (including phenoxy) is 2. The molecule has 0 amide bonds. The van der Waals surface area contributed by atoms with Crippen LogP contribution in [0.2, 0.25) is 0 Å². The van der Waals surface area contributed by atoms with Crippen LogP contribution in [-0.2, 0) is 22.3 Å². The van der Waals surface area contributed by atoms with E-state index in [1.165, 1.54) is 6.07 Å². The van der Waals surface area contributed by atoms with Crippen LogP contribution in [0.5, 0.6) is 0 Å². The Morgan fingerprint density at radius 1 is 1.17 bits per heavy atom. The number of benzene rings is 1. The monoisotopic (exact) mass is 251 g/mol. The number of nitrogens with zero attached hydrogens (tertiary/aromatic N) is 1. The third-order valence-electron chi connectivity index (χ3n) is 3.13. The summed E-state index contributed by atoms with van der Waals surface area (Å²) in [5, 5.41) is 10.7. The van der Waals surface area contributed by atoms with Crippen molar-refractivity contribution in [1.29, 1.82) is 0 Å². The van der Waals surface area contributed by atoms with E-state index in [1.54, 1.807) is 12.1 Å². The highest BCUT2D eigenvalue weighted by Gasteiger charge is 2.42.